The Morgan fingerprint density at radius 3 is 2.27 bits per heavy atom. The van der Waals surface area contributed by atoms with Gasteiger partial charge in [-0.05, 0) is 56.7 Å². The maximum Gasteiger partial charge on any atom is 0.265 e. The van der Waals surface area contributed by atoms with Gasteiger partial charge in [0.05, 0.1) is 0 Å². The topological polar surface area (TPSA) is 55.4 Å². The van der Waals surface area contributed by atoms with E-state index in [2.05, 4.69) is 5.32 Å². The molecule has 4 nitrogen and oxygen atoms in total. The Hall–Kier alpha value is -2.62. The van der Waals surface area contributed by atoms with E-state index in [-0.39, 0.29) is 11.7 Å². The zero-order chi connectivity index (χ0) is 16.1. The summed E-state index contributed by atoms with van der Waals surface area (Å²) in [5, 5.41) is 2.84. The van der Waals surface area contributed by atoms with Crippen LogP contribution in [-0.2, 0) is 4.79 Å². The number of para-hydroxylation sites is 1. The Morgan fingerprint density at radius 1 is 1.05 bits per heavy atom. The third kappa shape index (κ3) is 3.95. The Bertz CT molecular complexity index is 677. The molecule has 0 aliphatic rings. The van der Waals surface area contributed by atoms with Crippen molar-refractivity contribution in [1.29, 1.82) is 0 Å². The molecule has 0 aliphatic heterocycles. The molecule has 1 atom stereocenters. The van der Waals surface area contributed by atoms with E-state index in [0.717, 1.165) is 11.3 Å². The quantitative estimate of drug-likeness (QED) is 0.858. The third-order valence-corrected chi connectivity index (χ3v) is 3.35. The standard InChI is InChI=1S/C18H19NO3/c1-12-6-4-5-7-17(12)19-18(21)14(3)22-16-10-8-15(9-11-16)13(2)20/h4-11,14H,1-3H3,(H,19,21)/t14-/m0/s1. The first kappa shape index (κ1) is 15.8. The van der Waals surface area contributed by atoms with Crippen LogP contribution >= 0.6 is 0 Å². The van der Waals surface area contributed by atoms with E-state index >= 15 is 0 Å². The molecule has 0 saturated heterocycles. The first-order valence-electron chi connectivity index (χ1n) is 7.11. The molecule has 0 spiro atoms. The van der Waals surface area contributed by atoms with E-state index in [1.54, 1.807) is 31.2 Å². The molecular formula is C18H19NO3. The Morgan fingerprint density at radius 2 is 1.68 bits per heavy atom. The van der Waals surface area contributed by atoms with Crippen LogP contribution in [0.3, 0.4) is 0 Å². The van der Waals surface area contributed by atoms with Crippen molar-refractivity contribution in [2.24, 2.45) is 0 Å². The van der Waals surface area contributed by atoms with Crippen LogP contribution in [0.2, 0.25) is 0 Å². The Balaban J connectivity index is 1.99. The van der Waals surface area contributed by atoms with Gasteiger partial charge in [-0.1, -0.05) is 18.2 Å². The summed E-state index contributed by atoms with van der Waals surface area (Å²) in [6.07, 6.45) is -0.636. The number of ketones is 1. The van der Waals surface area contributed by atoms with E-state index in [0.29, 0.717) is 11.3 Å². The van der Waals surface area contributed by atoms with Gasteiger partial charge in [0.25, 0.3) is 5.91 Å². The number of aryl methyl sites for hydroxylation is 1. The van der Waals surface area contributed by atoms with Crippen LogP contribution in [0.15, 0.2) is 48.5 Å². The molecule has 22 heavy (non-hydrogen) atoms. The minimum atomic E-state index is -0.636. The predicted molar refractivity (Wildman–Crippen MR) is 86.3 cm³/mol. The van der Waals surface area contributed by atoms with E-state index in [9.17, 15) is 9.59 Å². The molecule has 2 aromatic carbocycles. The summed E-state index contributed by atoms with van der Waals surface area (Å²) in [4.78, 5) is 23.4. The fourth-order valence-corrected chi connectivity index (χ4v) is 1.97. The second kappa shape index (κ2) is 6.89. The van der Waals surface area contributed by atoms with E-state index in [1.165, 1.54) is 6.92 Å². The lowest BCUT2D eigenvalue weighted by molar-refractivity contribution is -0.122. The molecule has 1 N–H and O–H groups in total. The number of nitrogens with one attached hydrogen (secondary N) is 1. The average Bonchev–Trinajstić information content (AvgIpc) is 2.50. The highest BCUT2D eigenvalue weighted by atomic mass is 16.5. The van der Waals surface area contributed by atoms with Crippen molar-refractivity contribution in [2.75, 3.05) is 5.32 Å². The second-order valence-electron chi connectivity index (χ2n) is 5.14. The number of ether oxygens (including phenoxy) is 1. The molecule has 114 valence electrons. The molecule has 0 aromatic heterocycles. The molecule has 2 aromatic rings. The van der Waals surface area contributed by atoms with Crippen molar-refractivity contribution in [2.45, 2.75) is 26.9 Å². The molecule has 0 saturated carbocycles. The van der Waals surface area contributed by atoms with Crippen molar-refractivity contribution in [3.05, 3.63) is 59.7 Å². The number of anilines is 1. The number of amides is 1. The Kier molecular flexibility index (Phi) is 4.94. The number of carbonyl (C=O) groups excluding carboxylic acids is 2. The summed E-state index contributed by atoms with van der Waals surface area (Å²) < 4.78 is 5.60. The summed E-state index contributed by atoms with van der Waals surface area (Å²) in [7, 11) is 0. The van der Waals surface area contributed by atoms with Crippen LogP contribution in [0.1, 0.15) is 29.8 Å². The van der Waals surface area contributed by atoms with Gasteiger partial charge < -0.3 is 10.1 Å². The molecule has 0 aliphatic carbocycles. The van der Waals surface area contributed by atoms with Crippen LogP contribution in [0.4, 0.5) is 5.69 Å². The number of benzene rings is 2. The maximum absolute atomic E-state index is 12.2. The molecule has 0 bridgehead atoms. The van der Waals surface area contributed by atoms with Gasteiger partial charge in [0, 0.05) is 11.3 Å². The van der Waals surface area contributed by atoms with Crippen LogP contribution in [0.25, 0.3) is 0 Å². The van der Waals surface area contributed by atoms with Crippen molar-refractivity contribution in [3.63, 3.8) is 0 Å². The molecule has 0 radical (unpaired) electrons. The fourth-order valence-electron chi connectivity index (χ4n) is 1.97. The lowest BCUT2D eigenvalue weighted by Crippen LogP contribution is -2.30. The van der Waals surface area contributed by atoms with Crippen molar-refractivity contribution in [3.8, 4) is 5.75 Å². The van der Waals surface area contributed by atoms with Gasteiger partial charge in [-0.3, -0.25) is 9.59 Å². The Labute approximate surface area is 130 Å². The lowest BCUT2D eigenvalue weighted by atomic mass is 10.1. The molecule has 0 unspecified atom stereocenters. The fraction of sp³-hybridized carbons (Fsp3) is 0.222. The normalized spacial score (nSPS) is 11.6. The van der Waals surface area contributed by atoms with E-state index in [4.69, 9.17) is 4.74 Å². The summed E-state index contributed by atoms with van der Waals surface area (Å²) in [6, 6.07) is 14.3. The number of rotatable bonds is 5. The van der Waals surface area contributed by atoms with Crippen LogP contribution in [0.5, 0.6) is 5.75 Å². The number of hydrogen-bond donors (Lipinski definition) is 1. The van der Waals surface area contributed by atoms with Gasteiger partial charge in [0.1, 0.15) is 5.75 Å². The summed E-state index contributed by atoms with van der Waals surface area (Å²) >= 11 is 0. The first-order valence-corrected chi connectivity index (χ1v) is 7.11. The summed E-state index contributed by atoms with van der Waals surface area (Å²) in [6.45, 7) is 5.13. The third-order valence-electron chi connectivity index (χ3n) is 3.35. The van der Waals surface area contributed by atoms with Crippen LogP contribution in [0, 0.1) is 6.92 Å². The number of carbonyl (C=O) groups is 2. The second-order valence-corrected chi connectivity index (χ2v) is 5.14. The summed E-state index contributed by atoms with van der Waals surface area (Å²) in [5.41, 5.74) is 2.38. The molecular weight excluding hydrogens is 278 g/mol. The zero-order valence-electron chi connectivity index (χ0n) is 12.9. The van der Waals surface area contributed by atoms with Gasteiger partial charge in [0.2, 0.25) is 0 Å². The van der Waals surface area contributed by atoms with Crippen LogP contribution in [-0.4, -0.2) is 17.8 Å². The molecule has 2 rings (SSSR count). The minimum absolute atomic E-state index is 0.00288. The van der Waals surface area contributed by atoms with Crippen molar-refractivity contribution >= 4 is 17.4 Å². The molecule has 0 fully saturated rings. The number of hydrogen-bond acceptors (Lipinski definition) is 3. The van der Waals surface area contributed by atoms with Gasteiger partial charge in [-0.15, -0.1) is 0 Å². The van der Waals surface area contributed by atoms with Crippen LogP contribution < -0.4 is 10.1 Å². The van der Waals surface area contributed by atoms with Gasteiger partial charge in [0.15, 0.2) is 11.9 Å². The highest BCUT2D eigenvalue weighted by Gasteiger charge is 2.15. The van der Waals surface area contributed by atoms with Crippen molar-refractivity contribution in [1.82, 2.24) is 0 Å². The largest absolute Gasteiger partial charge is 0.481 e. The smallest absolute Gasteiger partial charge is 0.265 e. The minimum Gasteiger partial charge on any atom is -0.481 e. The molecule has 4 heteroatoms. The van der Waals surface area contributed by atoms with Gasteiger partial charge >= 0.3 is 0 Å². The predicted octanol–water partition coefficient (Wildman–Crippen LogP) is 3.60. The highest BCUT2D eigenvalue weighted by Crippen LogP contribution is 2.17. The summed E-state index contributed by atoms with van der Waals surface area (Å²) in [5.74, 6) is 0.333. The average molecular weight is 297 g/mol. The first-order chi connectivity index (χ1) is 10.5. The molecule has 0 heterocycles. The monoisotopic (exact) mass is 297 g/mol. The zero-order valence-corrected chi connectivity index (χ0v) is 12.9. The van der Waals surface area contributed by atoms with Crippen molar-refractivity contribution < 1.29 is 14.3 Å². The highest BCUT2D eigenvalue weighted by molar-refractivity contribution is 5.95. The van der Waals surface area contributed by atoms with E-state index in [1.807, 2.05) is 31.2 Å². The SMILES string of the molecule is CC(=O)c1ccc(O[C@@H](C)C(=O)Nc2ccccc2C)cc1. The lowest BCUT2D eigenvalue weighted by Gasteiger charge is -2.15. The van der Waals surface area contributed by atoms with E-state index < -0.39 is 6.10 Å². The number of Topliss-reactive ketones (excluding diaryl/α,β-unsaturated/α-hetero) is 1. The maximum atomic E-state index is 12.2. The van der Waals surface area contributed by atoms with Gasteiger partial charge in [-0.25, -0.2) is 0 Å². The molecule has 1 amide bonds. The van der Waals surface area contributed by atoms with Gasteiger partial charge in [-0.2, -0.15) is 0 Å².